The summed E-state index contributed by atoms with van der Waals surface area (Å²) >= 11 is 0. The lowest BCUT2D eigenvalue weighted by Crippen LogP contribution is -2.12. The molecule has 76 valence electrons. The predicted octanol–water partition coefficient (Wildman–Crippen LogP) is 3.23. The van der Waals surface area contributed by atoms with E-state index < -0.39 is 0 Å². The molecule has 1 aliphatic carbocycles. The van der Waals surface area contributed by atoms with E-state index in [0.29, 0.717) is 6.04 Å². The summed E-state index contributed by atoms with van der Waals surface area (Å²) in [5.41, 5.74) is 3.10. The van der Waals surface area contributed by atoms with E-state index in [1.807, 2.05) is 0 Å². The average molecular weight is 189 g/mol. The molecule has 2 atom stereocenters. The normalized spacial score (nSPS) is 25.0. The lowest BCUT2D eigenvalue weighted by atomic mass is 9.97. The minimum Gasteiger partial charge on any atom is -0.313 e. The van der Waals surface area contributed by atoms with Crippen LogP contribution < -0.4 is 5.32 Å². The van der Waals surface area contributed by atoms with E-state index >= 15 is 0 Å². The maximum Gasteiger partial charge on any atom is 0.0326 e. The summed E-state index contributed by atoms with van der Waals surface area (Å²) in [6.07, 6.45) is 3.90. The van der Waals surface area contributed by atoms with Crippen molar-refractivity contribution in [2.45, 2.75) is 38.1 Å². The van der Waals surface area contributed by atoms with Gasteiger partial charge in [0.25, 0.3) is 0 Å². The van der Waals surface area contributed by atoms with Crippen LogP contribution in [-0.2, 0) is 0 Å². The van der Waals surface area contributed by atoms with Gasteiger partial charge in [0, 0.05) is 6.04 Å². The Kier molecular flexibility index (Phi) is 2.87. The Morgan fingerprint density at radius 2 is 2.00 bits per heavy atom. The van der Waals surface area contributed by atoms with Crippen LogP contribution in [0.25, 0.3) is 0 Å². The van der Waals surface area contributed by atoms with Crippen LogP contribution >= 0.6 is 0 Å². The molecule has 0 spiro atoms. The molecule has 0 bridgehead atoms. The molecule has 14 heavy (non-hydrogen) atoms. The number of hydrogen-bond donors (Lipinski definition) is 1. The second-order valence-corrected chi connectivity index (χ2v) is 4.19. The van der Waals surface area contributed by atoms with Crippen molar-refractivity contribution in [1.82, 2.24) is 5.32 Å². The van der Waals surface area contributed by atoms with E-state index in [9.17, 15) is 0 Å². The first-order valence-corrected chi connectivity index (χ1v) is 5.63. The van der Waals surface area contributed by atoms with Crippen molar-refractivity contribution in [1.29, 1.82) is 0 Å². The smallest absolute Gasteiger partial charge is 0.0326 e. The fourth-order valence-corrected chi connectivity index (χ4v) is 2.63. The van der Waals surface area contributed by atoms with Crippen LogP contribution in [0.3, 0.4) is 0 Å². The summed E-state index contributed by atoms with van der Waals surface area (Å²) in [6, 6.07) is 9.47. The van der Waals surface area contributed by atoms with Gasteiger partial charge in [0.2, 0.25) is 0 Å². The third-order valence-electron chi connectivity index (χ3n) is 3.32. The highest BCUT2D eigenvalue weighted by molar-refractivity contribution is 5.37. The molecule has 2 unspecified atom stereocenters. The highest BCUT2D eigenvalue weighted by Crippen LogP contribution is 2.42. The van der Waals surface area contributed by atoms with Gasteiger partial charge in [0.05, 0.1) is 0 Å². The van der Waals surface area contributed by atoms with Crippen LogP contribution in [0.2, 0.25) is 0 Å². The first-order valence-electron chi connectivity index (χ1n) is 5.63. The molecule has 0 saturated carbocycles. The molecular formula is C13H19N. The quantitative estimate of drug-likeness (QED) is 0.769. The molecule has 1 heteroatoms. The van der Waals surface area contributed by atoms with Crippen molar-refractivity contribution < 1.29 is 0 Å². The second-order valence-electron chi connectivity index (χ2n) is 4.19. The van der Waals surface area contributed by atoms with Crippen LogP contribution in [0.1, 0.15) is 49.3 Å². The van der Waals surface area contributed by atoms with Gasteiger partial charge in [-0.25, -0.2) is 0 Å². The van der Waals surface area contributed by atoms with Gasteiger partial charge < -0.3 is 5.32 Å². The molecule has 0 saturated heterocycles. The number of hydrogen-bond acceptors (Lipinski definition) is 1. The average Bonchev–Trinajstić information content (AvgIpc) is 2.58. The summed E-state index contributed by atoms with van der Waals surface area (Å²) < 4.78 is 0. The summed E-state index contributed by atoms with van der Waals surface area (Å²) in [4.78, 5) is 0. The SMILES string of the molecule is CCCC1CC(NC)c2ccccc21. The molecule has 0 aromatic heterocycles. The fourth-order valence-electron chi connectivity index (χ4n) is 2.63. The van der Waals surface area contributed by atoms with Crippen molar-refractivity contribution in [2.75, 3.05) is 7.05 Å². The Morgan fingerprint density at radius 3 is 2.64 bits per heavy atom. The monoisotopic (exact) mass is 189 g/mol. The van der Waals surface area contributed by atoms with Crippen LogP contribution in [0, 0.1) is 0 Å². The zero-order valence-corrected chi connectivity index (χ0v) is 9.09. The van der Waals surface area contributed by atoms with Gasteiger partial charge in [-0.3, -0.25) is 0 Å². The number of fused-ring (bicyclic) bond motifs is 1. The van der Waals surface area contributed by atoms with Crippen molar-refractivity contribution in [3.63, 3.8) is 0 Å². The Morgan fingerprint density at radius 1 is 1.29 bits per heavy atom. The van der Waals surface area contributed by atoms with E-state index in [2.05, 4.69) is 43.6 Å². The molecule has 1 nitrogen and oxygen atoms in total. The van der Waals surface area contributed by atoms with Gasteiger partial charge in [0.15, 0.2) is 0 Å². The van der Waals surface area contributed by atoms with Gasteiger partial charge in [-0.2, -0.15) is 0 Å². The molecule has 1 N–H and O–H groups in total. The highest BCUT2D eigenvalue weighted by Gasteiger charge is 2.28. The van der Waals surface area contributed by atoms with Crippen molar-refractivity contribution in [2.24, 2.45) is 0 Å². The number of benzene rings is 1. The van der Waals surface area contributed by atoms with Crippen LogP contribution in [0.4, 0.5) is 0 Å². The van der Waals surface area contributed by atoms with Crippen LogP contribution in [0.5, 0.6) is 0 Å². The van der Waals surface area contributed by atoms with Gasteiger partial charge in [0.1, 0.15) is 0 Å². The molecule has 0 aliphatic heterocycles. The number of rotatable bonds is 3. The summed E-state index contributed by atoms with van der Waals surface area (Å²) in [5, 5.41) is 3.41. The number of nitrogens with one attached hydrogen (secondary N) is 1. The Bertz CT molecular complexity index is 306. The van der Waals surface area contributed by atoms with Gasteiger partial charge in [-0.05, 0) is 36.9 Å². The van der Waals surface area contributed by atoms with Crippen molar-refractivity contribution in [3.05, 3.63) is 35.4 Å². The zero-order chi connectivity index (χ0) is 9.97. The van der Waals surface area contributed by atoms with E-state index in [4.69, 9.17) is 0 Å². The van der Waals surface area contributed by atoms with E-state index in [-0.39, 0.29) is 0 Å². The molecule has 0 radical (unpaired) electrons. The minimum absolute atomic E-state index is 0.586. The maximum absolute atomic E-state index is 3.41. The lowest BCUT2D eigenvalue weighted by Gasteiger charge is -2.09. The molecule has 1 aromatic rings. The standard InChI is InChI=1S/C13H19N/c1-3-6-10-9-13(14-2)12-8-5-4-7-11(10)12/h4-5,7-8,10,13-14H,3,6,9H2,1-2H3. The fraction of sp³-hybridized carbons (Fsp3) is 0.538. The lowest BCUT2D eigenvalue weighted by molar-refractivity contribution is 0.510. The Hall–Kier alpha value is -0.820. The third kappa shape index (κ3) is 1.57. The minimum atomic E-state index is 0.586. The Labute approximate surface area is 86.5 Å². The molecule has 1 aromatic carbocycles. The van der Waals surface area contributed by atoms with E-state index in [1.165, 1.54) is 24.8 Å². The molecule has 0 heterocycles. The second kappa shape index (κ2) is 4.14. The summed E-state index contributed by atoms with van der Waals surface area (Å²) in [5.74, 6) is 0.786. The first-order chi connectivity index (χ1) is 6.86. The maximum atomic E-state index is 3.41. The van der Waals surface area contributed by atoms with Gasteiger partial charge >= 0.3 is 0 Å². The summed E-state index contributed by atoms with van der Waals surface area (Å²) in [6.45, 7) is 2.27. The molecule has 1 aliphatic rings. The Balaban J connectivity index is 2.29. The molecule has 0 amide bonds. The first kappa shape index (κ1) is 9.72. The largest absolute Gasteiger partial charge is 0.313 e. The van der Waals surface area contributed by atoms with Gasteiger partial charge in [-0.1, -0.05) is 37.6 Å². The third-order valence-corrected chi connectivity index (χ3v) is 3.32. The predicted molar refractivity (Wildman–Crippen MR) is 60.5 cm³/mol. The van der Waals surface area contributed by atoms with E-state index in [0.717, 1.165) is 5.92 Å². The topological polar surface area (TPSA) is 12.0 Å². The highest BCUT2D eigenvalue weighted by atomic mass is 14.9. The molecule has 2 rings (SSSR count). The zero-order valence-electron chi connectivity index (χ0n) is 9.09. The van der Waals surface area contributed by atoms with Crippen molar-refractivity contribution in [3.8, 4) is 0 Å². The molecule has 0 fully saturated rings. The van der Waals surface area contributed by atoms with Gasteiger partial charge in [-0.15, -0.1) is 0 Å². The van der Waals surface area contributed by atoms with Crippen molar-refractivity contribution >= 4 is 0 Å². The van der Waals surface area contributed by atoms with E-state index in [1.54, 1.807) is 5.56 Å². The van der Waals surface area contributed by atoms with Crippen LogP contribution in [-0.4, -0.2) is 7.05 Å². The van der Waals surface area contributed by atoms with Crippen LogP contribution in [0.15, 0.2) is 24.3 Å². The summed E-state index contributed by atoms with van der Waals surface area (Å²) in [7, 11) is 2.07. The molecular weight excluding hydrogens is 170 g/mol.